The topological polar surface area (TPSA) is 57.6 Å². The molecule has 0 bridgehead atoms. The molecule has 1 aromatic carbocycles. The smallest absolute Gasteiger partial charge is 0.306 e. The van der Waals surface area contributed by atoms with E-state index in [0.717, 1.165) is 5.56 Å². The summed E-state index contributed by atoms with van der Waals surface area (Å²) >= 11 is 0. The first-order valence-electron chi connectivity index (χ1n) is 6.70. The van der Waals surface area contributed by atoms with Crippen LogP contribution in [0.2, 0.25) is 0 Å². The molecule has 1 N–H and O–H groups in total. The number of carboxylic acid groups (broad SMARTS) is 1. The van der Waals surface area contributed by atoms with Gasteiger partial charge in [0.1, 0.15) is 5.82 Å². The van der Waals surface area contributed by atoms with Gasteiger partial charge in [-0.1, -0.05) is 6.07 Å². The molecule has 0 aliphatic carbocycles. The van der Waals surface area contributed by atoms with E-state index in [2.05, 4.69) is 0 Å². The van der Waals surface area contributed by atoms with E-state index in [4.69, 9.17) is 5.11 Å². The molecule has 1 aromatic rings. The third kappa shape index (κ3) is 2.81. The fraction of sp³-hybridized carbons (Fsp3) is 0.467. The third-order valence-electron chi connectivity index (χ3n) is 3.92. The first kappa shape index (κ1) is 14.5. The van der Waals surface area contributed by atoms with Crippen LogP contribution in [0.1, 0.15) is 35.7 Å². The van der Waals surface area contributed by atoms with Crippen molar-refractivity contribution in [2.45, 2.75) is 32.7 Å². The number of rotatable bonds is 2. The van der Waals surface area contributed by atoms with Gasteiger partial charge in [-0.05, 0) is 44.4 Å². The average molecular weight is 279 g/mol. The highest BCUT2D eigenvalue weighted by atomic mass is 19.1. The van der Waals surface area contributed by atoms with Gasteiger partial charge in [-0.3, -0.25) is 9.59 Å². The van der Waals surface area contributed by atoms with Gasteiger partial charge in [-0.2, -0.15) is 0 Å². The first-order valence-corrected chi connectivity index (χ1v) is 6.70. The van der Waals surface area contributed by atoms with Crippen LogP contribution in [-0.4, -0.2) is 34.5 Å². The molecule has 108 valence electrons. The predicted octanol–water partition coefficient (Wildman–Crippen LogP) is 2.46. The number of halogens is 1. The average Bonchev–Trinajstić information content (AvgIpc) is 2.40. The van der Waals surface area contributed by atoms with Crippen LogP contribution in [0.4, 0.5) is 4.39 Å². The number of piperidine rings is 1. The largest absolute Gasteiger partial charge is 0.481 e. The van der Waals surface area contributed by atoms with Crippen molar-refractivity contribution in [1.29, 1.82) is 0 Å². The van der Waals surface area contributed by atoms with Crippen LogP contribution >= 0.6 is 0 Å². The maximum atomic E-state index is 13.3. The van der Waals surface area contributed by atoms with E-state index in [1.54, 1.807) is 17.9 Å². The summed E-state index contributed by atoms with van der Waals surface area (Å²) in [5, 5.41) is 9.03. The second-order valence-electron chi connectivity index (χ2n) is 5.37. The number of hydrogen-bond acceptors (Lipinski definition) is 2. The molecule has 1 amide bonds. The second-order valence-corrected chi connectivity index (χ2v) is 5.37. The van der Waals surface area contributed by atoms with Crippen molar-refractivity contribution in [3.8, 4) is 0 Å². The van der Waals surface area contributed by atoms with Gasteiger partial charge >= 0.3 is 5.97 Å². The summed E-state index contributed by atoms with van der Waals surface area (Å²) in [4.78, 5) is 25.1. The summed E-state index contributed by atoms with van der Waals surface area (Å²) in [7, 11) is 0. The molecule has 20 heavy (non-hydrogen) atoms. The fourth-order valence-electron chi connectivity index (χ4n) is 2.68. The normalized spacial score (nSPS) is 22.6. The van der Waals surface area contributed by atoms with Crippen LogP contribution in [0.5, 0.6) is 0 Å². The molecule has 1 heterocycles. The Morgan fingerprint density at radius 3 is 2.70 bits per heavy atom. The summed E-state index contributed by atoms with van der Waals surface area (Å²) in [5.74, 6) is -1.88. The number of carboxylic acids is 1. The van der Waals surface area contributed by atoms with Crippen molar-refractivity contribution in [2.24, 2.45) is 5.92 Å². The minimum absolute atomic E-state index is 0.153. The predicted molar refractivity (Wildman–Crippen MR) is 72.0 cm³/mol. The van der Waals surface area contributed by atoms with E-state index in [1.807, 2.05) is 6.92 Å². The Morgan fingerprint density at radius 2 is 2.10 bits per heavy atom. The number of carbonyl (C=O) groups excluding carboxylic acids is 1. The SMILES string of the molecule is Cc1ccc(F)cc1C(=O)N1CCC(C(=O)O)CC1C. The first-order chi connectivity index (χ1) is 9.40. The maximum absolute atomic E-state index is 13.3. The van der Waals surface area contributed by atoms with Gasteiger partial charge in [0.25, 0.3) is 5.91 Å². The number of aliphatic carboxylic acids is 1. The molecule has 1 fully saturated rings. The Balaban J connectivity index is 2.18. The fourth-order valence-corrected chi connectivity index (χ4v) is 2.68. The maximum Gasteiger partial charge on any atom is 0.306 e. The summed E-state index contributed by atoms with van der Waals surface area (Å²) < 4.78 is 13.3. The molecule has 0 aromatic heterocycles. The van der Waals surface area contributed by atoms with Gasteiger partial charge in [0, 0.05) is 18.2 Å². The summed E-state index contributed by atoms with van der Waals surface area (Å²) in [6.07, 6.45) is 0.884. The van der Waals surface area contributed by atoms with Gasteiger partial charge in [0.15, 0.2) is 0 Å². The highest BCUT2D eigenvalue weighted by Gasteiger charge is 2.33. The van der Waals surface area contributed by atoms with Gasteiger partial charge in [-0.25, -0.2) is 4.39 Å². The summed E-state index contributed by atoms with van der Waals surface area (Å²) in [5.41, 5.74) is 1.08. The number of nitrogens with zero attached hydrogens (tertiary/aromatic N) is 1. The molecule has 2 unspecified atom stereocenters. The zero-order valence-electron chi connectivity index (χ0n) is 11.6. The molecule has 5 heteroatoms. The molecule has 0 saturated carbocycles. The van der Waals surface area contributed by atoms with Crippen molar-refractivity contribution in [1.82, 2.24) is 4.90 Å². The van der Waals surface area contributed by atoms with E-state index < -0.39 is 17.7 Å². The number of hydrogen-bond donors (Lipinski definition) is 1. The second kappa shape index (κ2) is 5.61. The van der Waals surface area contributed by atoms with Crippen molar-refractivity contribution in [2.75, 3.05) is 6.54 Å². The lowest BCUT2D eigenvalue weighted by Gasteiger charge is -2.36. The molecule has 0 radical (unpaired) electrons. The minimum atomic E-state index is -0.814. The lowest BCUT2D eigenvalue weighted by molar-refractivity contribution is -0.143. The zero-order chi connectivity index (χ0) is 14.9. The number of amides is 1. The van der Waals surface area contributed by atoms with Gasteiger partial charge < -0.3 is 10.0 Å². The Bertz CT molecular complexity index is 544. The van der Waals surface area contributed by atoms with Crippen LogP contribution in [0.15, 0.2) is 18.2 Å². The van der Waals surface area contributed by atoms with E-state index in [-0.39, 0.29) is 11.9 Å². The molecule has 2 atom stereocenters. The van der Waals surface area contributed by atoms with Crippen molar-refractivity contribution < 1.29 is 19.1 Å². The molecule has 2 rings (SSSR count). The molecule has 4 nitrogen and oxygen atoms in total. The molecule has 1 aliphatic rings. The molecule has 1 saturated heterocycles. The number of aryl methyl sites for hydroxylation is 1. The van der Waals surface area contributed by atoms with Crippen LogP contribution in [0.3, 0.4) is 0 Å². The quantitative estimate of drug-likeness (QED) is 0.904. The number of benzene rings is 1. The van der Waals surface area contributed by atoms with Crippen molar-refractivity contribution >= 4 is 11.9 Å². The minimum Gasteiger partial charge on any atom is -0.481 e. The Hall–Kier alpha value is -1.91. The Kier molecular flexibility index (Phi) is 4.06. The Labute approximate surface area is 117 Å². The summed E-state index contributed by atoms with van der Waals surface area (Å²) in [6.45, 7) is 4.00. The van der Waals surface area contributed by atoms with Crippen LogP contribution in [0.25, 0.3) is 0 Å². The van der Waals surface area contributed by atoms with Crippen molar-refractivity contribution in [3.63, 3.8) is 0 Å². The van der Waals surface area contributed by atoms with E-state index in [0.29, 0.717) is 24.9 Å². The lowest BCUT2D eigenvalue weighted by atomic mass is 9.91. The zero-order valence-corrected chi connectivity index (χ0v) is 11.6. The van der Waals surface area contributed by atoms with Crippen molar-refractivity contribution in [3.05, 3.63) is 35.1 Å². The van der Waals surface area contributed by atoms with E-state index >= 15 is 0 Å². The number of likely N-dealkylation sites (tertiary alicyclic amines) is 1. The molecule has 0 spiro atoms. The molecule has 1 aliphatic heterocycles. The standard InChI is InChI=1S/C15H18FNO3/c1-9-3-4-12(16)8-13(9)14(18)17-6-5-11(15(19)20)7-10(17)2/h3-4,8,10-11H,5-7H2,1-2H3,(H,19,20). The van der Waals surface area contributed by atoms with Gasteiger partial charge in [0.05, 0.1) is 5.92 Å². The van der Waals surface area contributed by atoms with E-state index in [1.165, 1.54) is 12.1 Å². The van der Waals surface area contributed by atoms with Gasteiger partial charge in [-0.15, -0.1) is 0 Å². The monoisotopic (exact) mass is 279 g/mol. The number of carbonyl (C=O) groups is 2. The lowest BCUT2D eigenvalue weighted by Crippen LogP contribution is -2.46. The molecular formula is C15H18FNO3. The van der Waals surface area contributed by atoms with Gasteiger partial charge in [0.2, 0.25) is 0 Å². The van der Waals surface area contributed by atoms with E-state index in [9.17, 15) is 14.0 Å². The van der Waals surface area contributed by atoms with Crippen LogP contribution in [-0.2, 0) is 4.79 Å². The van der Waals surface area contributed by atoms with Crippen LogP contribution < -0.4 is 0 Å². The third-order valence-corrected chi connectivity index (χ3v) is 3.92. The molecular weight excluding hydrogens is 261 g/mol. The Morgan fingerprint density at radius 1 is 1.40 bits per heavy atom. The highest BCUT2D eigenvalue weighted by Crippen LogP contribution is 2.25. The summed E-state index contributed by atoms with van der Waals surface area (Å²) in [6, 6.07) is 4.00. The highest BCUT2D eigenvalue weighted by molar-refractivity contribution is 5.96. The van der Waals surface area contributed by atoms with Crippen LogP contribution in [0, 0.1) is 18.7 Å².